The Morgan fingerprint density at radius 3 is 2.34 bits per heavy atom. The van der Waals surface area contributed by atoms with Gasteiger partial charge in [0.05, 0.1) is 12.6 Å². The Labute approximate surface area is 179 Å². The molecule has 1 aromatic heterocycles. The Morgan fingerprint density at radius 1 is 1.21 bits per heavy atom. The summed E-state index contributed by atoms with van der Waals surface area (Å²) in [7, 11) is 1.66. The number of hydrogen-bond donors (Lipinski definition) is 4. The van der Waals surface area contributed by atoms with E-state index in [1.54, 1.807) is 7.11 Å². The van der Waals surface area contributed by atoms with Crippen LogP contribution in [0, 0.1) is 13.8 Å². The van der Waals surface area contributed by atoms with E-state index in [0.717, 1.165) is 24.2 Å². The van der Waals surface area contributed by atoms with E-state index in [0.29, 0.717) is 30.2 Å². The first kappa shape index (κ1) is 23.4. The lowest BCUT2D eigenvalue weighted by Crippen LogP contribution is -2.59. The molecule has 1 saturated heterocycles. The van der Waals surface area contributed by atoms with Gasteiger partial charge in [-0.05, 0) is 72.7 Å². The molecule has 2 rings (SSSR count). The molecule has 1 aliphatic heterocycles. The third-order valence-electron chi connectivity index (χ3n) is 4.52. The maximum absolute atomic E-state index is 5.42. The molecule has 0 aliphatic carbocycles. The fourth-order valence-corrected chi connectivity index (χ4v) is 4.14. The zero-order chi connectivity index (χ0) is 21.7. The van der Waals surface area contributed by atoms with Gasteiger partial charge in [-0.15, -0.1) is 0 Å². The molecule has 9 heteroatoms. The van der Waals surface area contributed by atoms with Crippen molar-refractivity contribution in [3.8, 4) is 0 Å². The number of nitrogens with zero attached hydrogens (tertiary/aromatic N) is 3. The van der Waals surface area contributed by atoms with E-state index in [9.17, 15) is 0 Å². The van der Waals surface area contributed by atoms with Gasteiger partial charge < -0.3 is 20.7 Å². The van der Waals surface area contributed by atoms with Crippen LogP contribution in [0.25, 0.3) is 0 Å². The highest BCUT2D eigenvalue weighted by Gasteiger charge is 2.37. The standard InChI is InChI=1S/C20H35N7OS/c1-13-10-14(2)23-16(22-13)25-17(26-18(29)21-8-9-28-7)24-15-11-19(3,4)27-20(5,6)12-15/h10,15,27H,8-9,11-12H2,1-7H3,(H3,21,22,23,24,25,26,29). The lowest BCUT2D eigenvalue weighted by molar-refractivity contribution is 0.164. The number of hydrogen-bond acceptors (Lipinski definition) is 6. The topological polar surface area (TPSA) is 95.5 Å². The first-order valence-electron chi connectivity index (χ1n) is 9.98. The van der Waals surface area contributed by atoms with E-state index in [1.807, 2.05) is 19.9 Å². The minimum atomic E-state index is -0.00528. The molecular weight excluding hydrogens is 386 g/mol. The van der Waals surface area contributed by atoms with Crippen LogP contribution in [0.3, 0.4) is 0 Å². The number of piperidine rings is 1. The summed E-state index contributed by atoms with van der Waals surface area (Å²) >= 11 is 5.42. The summed E-state index contributed by atoms with van der Waals surface area (Å²) in [5.41, 5.74) is 1.78. The summed E-state index contributed by atoms with van der Waals surface area (Å²) in [6.07, 6.45) is 1.84. The van der Waals surface area contributed by atoms with Crippen LogP contribution in [0.5, 0.6) is 0 Å². The van der Waals surface area contributed by atoms with Gasteiger partial charge in [0.15, 0.2) is 5.11 Å². The molecule has 8 nitrogen and oxygen atoms in total. The molecule has 162 valence electrons. The molecular formula is C20H35N7OS. The molecule has 0 radical (unpaired) electrons. The minimum absolute atomic E-state index is 0.00528. The van der Waals surface area contributed by atoms with Gasteiger partial charge in [0, 0.05) is 36.1 Å². The highest BCUT2D eigenvalue weighted by Crippen LogP contribution is 2.30. The lowest BCUT2D eigenvalue weighted by Gasteiger charge is -2.45. The smallest absolute Gasteiger partial charge is 0.229 e. The van der Waals surface area contributed by atoms with Crippen LogP contribution in [-0.2, 0) is 4.74 Å². The fourth-order valence-electron chi connectivity index (χ4n) is 3.94. The summed E-state index contributed by atoms with van der Waals surface area (Å²) in [5, 5.41) is 13.7. The summed E-state index contributed by atoms with van der Waals surface area (Å²) in [5.74, 6) is 1.05. The third-order valence-corrected chi connectivity index (χ3v) is 4.76. The Balaban J connectivity index is 2.22. The number of thiocarbonyl (C=S) groups is 1. The second-order valence-corrected chi connectivity index (χ2v) is 9.31. The molecule has 0 aromatic carbocycles. The van der Waals surface area contributed by atoms with Gasteiger partial charge in [0.2, 0.25) is 11.9 Å². The maximum Gasteiger partial charge on any atom is 0.229 e. The molecule has 4 N–H and O–H groups in total. The van der Waals surface area contributed by atoms with Crippen LogP contribution in [-0.4, -0.2) is 58.4 Å². The maximum atomic E-state index is 5.42. The SMILES string of the molecule is COCCNC(=S)NC(=NC1CC(C)(C)NC(C)(C)C1)Nc1nc(C)cc(C)n1. The van der Waals surface area contributed by atoms with Gasteiger partial charge >= 0.3 is 0 Å². The number of rotatable bonds is 5. The predicted octanol–water partition coefficient (Wildman–Crippen LogP) is 2.28. The normalized spacial score (nSPS) is 18.9. The Bertz CT molecular complexity index is 712. The second-order valence-electron chi connectivity index (χ2n) is 8.91. The van der Waals surface area contributed by atoms with E-state index >= 15 is 0 Å². The Morgan fingerprint density at radius 2 is 1.79 bits per heavy atom. The number of aliphatic imine (C=N–C) groups is 1. The van der Waals surface area contributed by atoms with Crippen LogP contribution in [0.1, 0.15) is 51.9 Å². The van der Waals surface area contributed by atoms with Crippen LogP contribution in [0.2, 0.25) is 0 Å². The molecule has 1 aromatic rings. The van der Waals surface area contributed by atoms with E-state index in [-0.39, 0.29) is 17.1 Å². The second kappa shape index (κ2) is 9.77. The van der Waals surface area contributed by atoms with Crippen molar-refractivity contribution < 1.29 is 4.74 Å². The number of aryl methyl sites for hydroxylation is 2. The fraction of sp³-hybridized carbons (Fsp3) is 0.700. The first-order chi connectivity index (χ1) is 13.5. The highest BCUT2D eigenvalue weighted by molar-refractivity contribution is 7.80. The molecule has 0 saturated carbocycles. The van der Waals surface area contributed by atoms with Gasteiger partial charge in [0.25, 0.3) is 0 Å². The van der Waals surface area contributed by atoms with Gasteiger partial charge in [-0.2, -0.15) is 0 Å². The number of methoxy groups -OCH3 is 1. The molecule has 1 aliphatic rings. The van der Waals surface area contributed by atoms with E-state index in [2.05, 4.69) is 58.9 Å². The van der Waals surface area contributed by atoms with Crippen molar-refractivity contribution in [2.24, 2.45) is 4.99 Å². The van der Waals surface area contributed by atoms with Crippen molar-refractivity contribution in [3.63, 3.8) is 0 Å². The number of guanidine groups is 1. The zero-order valence-electron chi connectivity index (χ0n) is 18.6. The lowest BCUT2D eigenvalue weighted by atomic mass is 9.80. The number of nitrogens with one attached hydrogen (secondary N) is 4. The Hall–Kier alpha value is -1.84. The zero-order valence-corrected chi connectivity index (χ0v) is 19.5. The van der Waals surface area contributed by atoms with Gasteiger partial charge in [-0.3, -0.25) is 5.32 Å². The van der Waals surface area contributed by atoms with Crippen LogP contribution in [0.4, 0.5) is 5.95 Å². The van der Waals surface area contributed by atoms with Crippen molar-refractivity contribution >= 4 is 29.2 Å². The third kappa shape index (κ3) is 8.20. The van der Waals surface area contributed by atoms with Crippen LogP contribution in [0.15, 0.2) is 11.1 Å². The summed E-state index contributed by atoms with van der Waals surface area (Å²) in [4.78, 5) is 13.9. The van der Waals surface area contributed by atoms with Gasteiger partial charge in [-0.1, -0.05) is 0 Å². The molecule has 0 amide bonds. The van der Waals surface area contributed by atoms with Crippen LogP contribution < -0.4 is 21.3 Å². The quantitative estimate of drug-likeness (QED) is 0.249. The molecule has 0 atom stereocenters. The van der Waals surface area contributed by atoms with E-state index < -0.39 is 0 Å². The van der Waals surface area contributed by atoms with Crippen molar-refractivity contribution in [2.75, 3.05) is 25.6 Å². The highest BCUT2D eigenvalue weighted by atomic mass is 32.1. The van der Waals surface area contributed by atoms with E-state index in [4.69, 9.17) is 21.9 Å². The number of ether oxygens (including phenoxy) is 1. The summed E-state index contributed by atoms with van der Waals surface area (Å²) < 4.78 is 5.06. The van der Waals surface area contributed by atoms with Crippen molar-refractivity contribution in [3.05, 3.63) is 17.5 Å². The summed E-state index contributed by atoms with van der Waals surface area (Å²) in [6.45, 7) is 13.9. The summed E-state index contributed by atoms with van der Waals surface area (Å²) in [6, 6.07) is 2.06. The monoisotopic (exact) mass is 421 g/mol. The van der Waals surface area contributed by atoms with Gasteiger partial charge in [0.1, 0.15) is 0 Å². The minimum Gasteiger partial charge on any atom is -0.383 e. The van der Waals surface area contributed by atoms with Crippen molar-refractivity contribution in [1.29, 1.82) is 0 Å². The predicted molar refractivity (Wildman–Crippen MR) is 122 cm³/mol. The van der Waals surface area contributed by atoms with Crippen LogP contribution >= 0.6 is 12.2 Å². The molecule has 1 fully saturated rings. The van der Waals surface area contributed by atoms with Crippen molar-refractivity contribution in [2.45, 2.75) is 71.5 Å². The molecule has 0 spiro atoms. The molecule has 0 unspecified atom stereocenters. The molecule has 2 heterocycles. The molecule has 0 bridgehead atoms. The Kier molecular flexibility index (Phi) is 7.90. The average molecular weight is 422 g/mol. The average Bonchev–Trinajstić information content (AvgIpc) is 2.50. The van der Waals surface area contributed by atoms with E-state index in [1.165, 1.54) is 0 Å². The van der Waals surface area contributed by atoms with Crippen molar-refractivity contribution in [1.82, 2.24) is 25.9 Å². The largest absolute Gasteiger partial charge is 0.383 e. The van der Waals surface area contributed by atoms with Gasteiger partial charge in [-0.25, -0.2) is 15.0 Å². The number of anilines is 1. The number of aromatic nitrogens is 2. The first-order valence-corrected chi connectivity index (χ1v) is 10.4. The molecule has 29 heavy (non-hydrogen) atoms.